The van der Waals surface area contributed by atoms with E-state index in [9.17, 15) is 27.7 Å². The van der Waals surface area contributed by atoms with Crippen LogP contribution < -0.4 is 20.8 Å². The third kappa shape index (κ3) is 13.1. The molecule has 0 bridgehead atoms. The van der Waals surface area contributed by atoms with Gasteiger partial charge in [0, 0.05) is 48.7 Å². The Bertz CT molecular complexity index is 1720. The van der Waals surface area contributed by atoms with Crippen molar-refractivity contribution in [2.75, 3.05) is 19.7 Å². The van der Waals surface area contributed by atoms with E-state index in [2.05, 4.69) is 20.8 Å². The smallest absolute Gasteiger partial charge is 0.325 e. The van der Waals surface area contributed by atoms with Crippen LogP contribution in [0.1, 0.15) is 104 Å². The predicted octanol–water partition coefficient (Wildman–Crippen LogP) is 7.08. The van der Waals surface area contributed by atoms with Crippen LogP contribution in [-0.4, -0.2) is 84.6 Å². The highest BCUT2D eigenvalue weighted by molar-refractivity contribution is 7.90. The molecule has 1 saturated heterocycles. The lowest BCUT2D eigenvalue weighted by Crippen LogP contribution is -2.60. The molecule has 1 aromatic heterocycles. The number of rotatable bonds is 14. The zero-order valence-corrected chi connectivity index (χ0v) is 36.1. The number of fused-ring (bicyclic) bond motifs is 1. The molecule has 4 rings (SSSR count). The molecule has 2 fully saturated rings. The largest absolute Gasteiger partial charge is 0.598 e. The molecule has 56 heavy (non-hydrogen) atoms. The average molecular weight is 864 g/mol. The Morgan fingerprint density at radius 1 is 1.09 bits per heavy atom. The molecule has 1 aliphatic heterocycles. The fraction of sp³-hybridized carbons (Fsp3) is 0.641. The van der Waals surface area contributed by atoms with Crippen LogP contribution in [0.15, 0.2) is 36.4 Å². The molecular weight excluding hydrogens is 809 g/mol. The minimum atomic E-state index is -2.86. The molecule has 2 amide bonds. The number of nitrogens with zero attached hydrogens (tertiary/aromatic N) is 2. The van der Waals surface area contributed by atoms with Crippen molar-refractivity contribution >= 4 is 80.9 Å². The van der Waals surface area contributed by atoms with E-state index in [0.717, 1.165) is 16.6 Å². The van der Waals surface area contributed by atoms with Crippen LogP contribution in [0.4, 0.5) is 8.78 Å². The summed E-state index contributed by atoms with van der Waals surface area (Å²) in [4.78, 5) is 44.9. The second-order valence-corrected chi connectivity index (χ2v) is 20.8. The van der Waals surface area contributed by atoms with Gasteiger partial charge in [-0.1, -0.05) is 79.0 Å². The van der Waals surface area contributed by atoms with Gasteiger partial charge in [0.2, 0.25) is 15.6 Å². The zero-order valence-electron chi connectivity index (χ0n) is 33.0. The van der Waals surface area contributed by atoms with Crippen molar-refractivity contribution in [3.05, 3.63) is 47.7 Å². The number of pyridine rings is 1. The van der Waals surface area contributed by atoms with Gasteiger partial charge < -0.3 is 19.9 Å². The Morgan fingerprint density at radius 3 is 2.38 bits per heavy atom. The fourth-order valence-corrected chi connectivity index (χ4v) is 7.40. The molecule has 1 aromatic carbocycles. The maximum absolute atomic E-state index is 14.5. The molecule has 312 valence electrons. The van der Waals surface area contributed by atoms with Gasteiger partial charge in [-0.2, -0.15) is 0 Å². The summed E-state index contributed by atoms with van der Waals surface area (Å²) in [5, 5.41) is 8.58. The van der Waals surface area contributed by atoms with Gasteiger partial charge in [0.25, 0.3) is 5.91 Å². The highest BCUT2D eigenvalue weighted by Crippen LogP contribution is 2.45. The molecule has 0 spiro atoms. The first-order valence-electron chi connectivity index (χ1n) is 19.0. The first kappa shape index (κ1) is 46.4. The average Bonchev–Trinajstić information content (AvgIpc) is 3.13. The summed E-state index contributed by atoms with van der Waals surface area (Å²) < 4.78 is 47.7. The third-order valence-corrected chi connectivity index (χ3v) is 12.2. The van der Waals surface area contributed by atoms with E-state index in [1.165, 1.54) is 5.01 Å². The molecule has 2 heterocycles. The number of alkyl halides is 5. The van der Waals surface area contributed by atoms with Gasteiger partial charge in [-0.3, -0.25) is 24.4 Å². The van der Waals surface area contributed by atoms with E-state index in [0.29, 0.717) is 24.9 Å². The van der Waals surface area contributed by atoms with E-state index in [1.807, 2.05) is 71.9 Å². The Balaban J connectivity index is 1.45. The Morgan fingerprint density at radius 2 is 1.75 bits per heavy atom. The maximum Gasteiger partial charge on any atom is 0.325 e. The number of amides is 2. The second-order valence-electron chi connectivity index (χ2n) is 16.2. The standard InChI is InChI=1S/C39H55Cl3F2N6O5S/c1-24(2)32(22-45-26(4)33(51)50-20-8-9-30(48-50)34(52)55-23-39(40,41)42)47-35(53)37(16-18-38(43,44)19-17-37)15-14-27-10-11-28-12-13-29(46-31(28)21-27)25(3)49-56(54)36(5,6)7/h10-15,21,24-26,30,32,45,48-49H,8-9,16-20,22-23H2,1-7H3,(H,47,53)/b15-14+/t25-,26+,30+,32-,56?/m1/s1. The van der Waals surface area contributed by atoms with Crippen molar-refractivity contribution < 1.29 is 32.5 Å². The van der Waals surface area contributed by atoms with Crippen LogP contribution in [-0.2, 0) is 30.5 Å². The zero-order chi connectivity index (χ0) is 41.6. The number of hydrogen-bond acceptors (Lipinski definition) is 9. The summed E-state index contributed by atoms with van der Waals surface area (Å²) in [6.07, 6.45) is 3.60. The number of halogens is 5. The summed E-state index contributed by atoms with van der Waals surface area (Å²) in [5.41, 5.74) is 3.91. The summed E-state index contributed by atoms with van der Waals surface area (Å²) >= 11 is 15.8. The lowest BCUT2D eigenvalue weighted by atomic mass is 9.71. The summed E-state index contributed by atoms with van der Waals surface area (Å²) in [6.45, 7) is 13.3. The van der Waals surface area contributed by atoms with Crippen molar-refractivity contribution in [2.45, 2.75) is 126 Å². The molecule has 2 aliphatic rings. The number of carbonyl (C=O) groups excluding carboxylic acids is 3. The van der Waals surface area contributed by atoms with Gasteiger partial charge in [-0.15, -0.1) is 4.72 Å². The van der Waals surface area contributed by atoms with Crippen LogP contribution in [0.25, 0.3) is 17.0 Å². The minimum absolute atomic E-state index is 0.0363. The summed E-state index contributed by atoms with van der Waals surface area (Å²) in [6, 6.07) is 7.35. The molecule has 1 unspecified atom stereocenters. The number of nitrogens with one attached hydrogen (secondary N) is 4. The van der Waals surface area contributed by atoms with Crippen LogP contribution in [0, 0.1) is 11.3 Å². The van der Waals surface area contributed by atoms with Crippen LogP contribution >= 0.6 is 34.8 Å². The molecule has 1 aliphatic carbocycles. The number of esters is 1. The summed E-state index contributed by atoms with van der Waals surface area (Å²) in [5.74, 6) is -4.23. The lowest BCUT2D eigenvalue weighted by molar-refractivity contribution is -0.152. The van der Waals surface area contributed by atoms with E-state index in [1.54, 1.807) is 19.1 Å². The third-order valence-electron chi connectivity index (χ3n) is 10.2. The molecule has 11 nitrogen and oxygen atoms in total. The summed E-state index contributed by atoms with van der Waals surface area (Å²) in [7, 11) is 0. The monoisotopic (exact) mass is 862 g/mol. The number of benzene rings is 1. The number of hydrazine groups is 1. The van der Waals surface area contributed by atoms with Gasteiger partial charge in [-0.05, 0) is 83.9 Å². The highest BCUT2D eigenvalue weighted by Gasteiger charge is 2.47. The number of carbonyl (C=O) groups is 3. The van der Waals surface area contributed by atoms with Gasteiger partial charge in [0.05, 0.1) is 28.7 Å². The van der Waals surface area contributed by atoms with Crippen LogP contribution in [0.2, 0.25) is 0 Å². The van der Waals surface area contributed by atoms with Gasteiger partial charge in [0.1, 0.15) is 17.4 Å². The molecule has 17 heteroatoms. The molecule has 0 radical (unpaired) electrons. The molecule has 5 atom stereocenters. The van der Waals surface area contributed by atoms with Crippen molar-refractivity contribution in [1.82, 2.24) is 30.8 Å². The quantitative estimate of drug-likeness (QED) is 0.0889. The number of ether oxygens (including phenoxy) is 1. The predicted molar refractivity (Wildman–Crippen MR) is 219 cm³/mol. The van der Waals surface area contributed by atoms with E-state index in [4.69, 9.17) is 44.5 Å². The SMILES string of the molecule is CC(C)[C@@H](CN[C@@H](C)C(=O)N1CCC[C@@H](C(=O)OCC(Cl)(Cl)Cl)N1)NC(=O)C1(/C=C/c2ccc3ccc([C@@H](C)N[S+]([O-])C(C)(C)C)nc3c2)CCC(F)(F)CC1. The van der Waals surface area contributed by atoms with Crippen molar-refractivity contribution in [1.29, 1.82) is 0 Å². The number of hydrogen-bond donors (Lipinski definition) is 4. The molecule has 2 aromatic rings. The number of aromatic nitrogens is 1. The van der Waals surface area contributed by atoms with E-state index >= 15 is 0 Å². The van der Waals surface area contributed by atoms with Gasteiger partial charge in [0.15, 0.2) is 0 Å². The van der Waals surface area contributed by atoms with E-state index < -0.39 is 74.8 Å². The Kier molecular flexibility index (Phi) is 15.9. The first-order chi connectivity index (χ1) is 26.0. The maximum atomic E-state index is 14.5. The molecular formula is C39H55Cl3F2N6O5S. The topological polar surface area (TPSA) is 148 Å². The van der Waals surface area contributed by atoms with Crippen LogP contribution in [0.3, 0.4) is 0 Å². The van der Waals surface area contributed by atoms with Crippen molar-refractivity contribution in [3.63, 3.8) is 0 Å². The molecule has 4 N–H and O–H groups in total. The van der Waals surface area contributed by atoms with E-state index in [-0.39, 0.29) is 43.2 Å². The first-order valence-corrected chi connectivity index (χ1v) is 21.3. The Hall–Kier alpha value is -2.30. The normalized spacial score (nSPS) is 21.1. The second kappa shape index (κ2) is 19.2. The Labute approximate surface area is 347 Å². The van der Waals surface area contributed by atoms with Crippen molar-refractivity contribution in [3.8, 4) is 0 Å². The van der Waals surface area contributed by atoms with Crippen LogP contribution in [0.5, 0.6) is 0 Å². The fourth-order valence-electron chi connectivity index (χ4n) is 6.44. The van der Waals surface area contributed by atoms with Gasteiger partial charge in [-0.25, -0.2) is 14.2 Å². The minimum Gasteiger partial charge on any atom is -0.598 e. The lowest BCUT2D eigenvalue weighted by Gasteiger charge is -2.38. The van der Waals surface area contributed by atoms with Crippen molar-refractivity contribution in [2.24, 2.45) is 11.3 Å². The molecule has 1 saturated carbocycles. The van der Waals surface area contributed by atoms with Gasteiger partial charge >= 0.3 is 5.97 Å². The highest BCUT2D eigenvalue weighted by atomic mass is 35.6.